The molecule has 0 aliphatic heterocycles. The number of aliphatic hydroxyl groups excluding tert-OH is 1. The quantitative estimate of drug-likeness (QED) is 0.817. The number of rotatable bonds is 5. The number of hydrogen-bond donors (Lipinski definition) is 2. The van der Waals surface area contributed by atoms with Crippen molar-refractivity contribution in [1.29, 1.82) is 0 Å². The molecule has 0 aliphatic carbocycles. The molecule has 108 valence electrons. The van der Waals surface area contributed by atoms with Crippen LogP contribution in [0.1, 0.15) is 30.0 Å². The second kappa shape index (κ2) is 5.96. The van der Waals surface area contributed by atoms with E-state index < -0.39 is 6.10 Å². The predicted molar refractivity (Wildman–Crippen MR) is 78.7 cm³/mol. The highest BCUT2D eigenvalue weighted by Crippen LogP contribution is 2.31. The molecule has 0 spiro atoms. The molecule has 2 aromatic rings. The lowest BCUT2D eigenvalue weighted by molar-refractivity contribution is 0.176. The second-order valence-electron chi connectivity index (χ2n) is 4.79. The minimum atomic E-state index is -0.676. The lowest BCUT2D eigenvalue weighted by Crippen LogP contribution is -2.09. The Morgan fingerprint density at radius 1 is 1.45 bits per heavy atom. The molecule has 1 aromatic carbocycles. The number of para-hydroxylation sites is 1. The maximum atomic E-state index is 10.4. The number of ether oxygens (including phenoxy) is 1. The fourth-order valence-corrected chi connectivity index (χ4v) is 2.27. The summed E-state index contributed by atoms with van der Waals surface area (Å²) in [6, 6.07) is 7.44. The lowest BCUT2D eigenvalue weighted by Gasteiger charge is -2.15. The molecule has 1 unspecified atom stereocenters. The molecule has 5 heteroatoms. The molecule has 0 fully saturated rings. The Hall–Kier alpha value is -2.01. The van der Waals surface area contributed by atoms with Crippen LogP contribution in [0.4, 0.5) is 5.69 Å². The normalized spacial score (nSPS) is 12.4. The first kappa shape index (κ1) is 14.4. The van der Waals surface area contributed by atoms with Crippen LogP contribution in [0.2, 0.25) is 0 Å². The van der Waals surface area contributed by atoms with Crippen molar-refractivity contribution in [3.05, 3.63) is 41.2 Å². The molecule has 1 atom stereocenters. The zero-order valence-corrected chi connectivity index (χ0v) is 12.1. The summed E-state index contributed by atoms with van der Waals surface area (Å²) < 4.78 is 6.98. The van der Waals surface area contributed by atoms with Gasteiger partial charge in [0, 0.05) is 24.7 Å². The molecule has 0 radical (unpaired) electrons. The number of anilines is 1. The largest absolute Gasteiger partial charge is 0.495 e. The van der Waals surface area contributed by atoms with Gasteiger partial charge < -0.3 is 15.6 Å². The van der Waals surface area contributed by atoms with E-state index in [9.17, 15) is 5.11 Å². The highest BCUT2D eigenvalue weighted by atomic mass is 16.5. The van der Waals surface area contributed by atoms with Crippen molar-refractivity contribution < 1.29 is 9.84 Å². The number of nitrogen functional groups attached to an aromatic ring is 1. The minimum absolute atomic E-state index is 0.473. The van der Waals surface area contributed by atoms with E-state index >= 15 is 0 Å². The molecule has 0 bridgehead atoms. The van der Waals surface area contributed by atoms with Crippen molar-refractivity contribution in [2.24, 2.45) is 7.05 Å². The summed E-state index contributed by atoms with van der Waals surface area (Å²) in [6.07, 6.45) is 0.678. The SMILES string of the molecule is CCc1cc(CC(O)c2cccc(OC)c2N)n(C)n1. The van der Waals surface area contributed by atoms with E-state index in [4.69, 9.17) is 10.5 Å². The Bertz CT molecular complexity index is 593. The van der Waals surface area contributed by atoms with E-state index in [-0.39, 0.29) is 0 Å². The number of methoxy groups -OCH3 is 1. The maximum Gasteiger partial charge on any atom is 0.142 e. The van der Waals surface area contributed by atoms with Crippen molar-refractivity contribution in [1.82, 2.24) is 9.78 Å². The average Bonchev–Trinajstić information content (AvgIpc) is 2.79. The first-order valence-corrected chi connectivity index (χ1v) is 6.69. The number of aryl methyl sites for hydroxylation is 2. The second-order valence-corrected chi connectivity index (χ2v) is 4.79. The third kappa shape index (κ3) is 2.77. The first-order chi connectivity index (χ1) is 9.56. The summed E-state index contributed by atoms with van der Waals surface area (Å²) in [5.41, 5.74) is 9.19. The lowest BCUT2D eigenvalue weighted by atomic mass is 10.0. The molecular weight excluding hydrogens is 254 g/mol. The third-order valence-corrected chi connectivity index (χ3v) is 3.47. The topological polar surface area (TPSA) is 73.3 Å². The van der Waals surface area contributed by atoms with E-state index in [2.05, 4.69) is 12.0 Å². The highest BCUT2D eigenvalue weighted by Gasteiger charge is 2.16. The van der Waals surface area contributed by atoms with Crippen molar-refractivity contribution in [3.63, 3.8) is 0 Å². The summed E-state index contributed by atoms with van der Waals surface area (Å²) in [7, 11) is 3.45. The van der Waals surface area contributed by atoms with Gasteiger partial charge in [0.1, 0.15) is 5.75 Å². The number of aromatic nitrogens is 2. The summed E-state index contributed by atoms with van der Waals surface area (Å²) in [5, 5.41) is 14.8. The summed E-state index contributed by atoms with van der Waals surface area (Å²) in [4.78, 5) is 0. The Balaban J connectivity index is 2.23. The Kier molecular flexibility index (Phi) is 4.29. The van der Waals surface area contributed by atoms with Crippen LogP contribution in [-0.2, 0) is 19.9 Å². The zero-order valence-electron chi connectivity index (χ0n) is 12.1. The number of aliphatic hydroxyl groups is 1. The van der Waals surface area contributed by atoms with E-state index in [1.165, 1.54) is 0 Å². The predicted octanol–water partition coefficient (Wildman–Crippen LogP) is 1.85. The van der Waals surface area contributed by atoms with Crippen LogP contribution in [0.25, 0.3) is 0 Å². The summed E-state index contributed by atoms with van der Waals surface area (Å²) in [5.74, 6) is 0.584. The van der Waals surface area contributed by atoms with Gasteiger partial charge in [0.2, 0.25) is 0 Å². The smallest absolute Gasteiger partial charge is 0.142 e. The van der Waals surface area contributed by atoms with Gasteiger partial charge in [0.05, 0.1) is 24.6 Å². The van der Waals surface area contributed by atoms with Crippen LogP contribution in [-0.4, -0.2) is 22.0 Å². The molecule has 5 nitrogen and oxygen atoms in total. The molecule has 0 amide bonds. The molecule has 2 rings (SSSR count). The fraction of sp³-hybridized carbons (Fsp3) is 0.400. The van der Waals surface area contributed by atoms with Crippen LogP contribution in [0, 0.1) is 0 Å². The van der Waals surface area contributed by atoms with Gasteiger partial charge in [-0.25, -0.2) is 0 Å². The van der Waals surface area contributed by atoms with Crippen LogP contribution in [0.15, 0.2) is 24.3 Å². The van der Waals surface area contributed by atoms with Gasteiger partial charge in [-0.05, 0) is 18.6 Å². The molecule has 3 N–H and O–H groups in total. The molecule has 1 heterocycles. The minimum Gasteiger partial charge on any atom is -0.495 e. The molecule has 0 saturated carbocycles. The van der Waals surface area contributed by atoms with Gasteiger partial charge in [-0.3, -0.25) is 4.68 Å². The molecule has 20 heavy (non-hydrogen) atoms. The Labute approximate surface area is 119 Å². The fourth-order valence-electron chi connectivity index (χ4n) is 2.27. The van der Waals surface area contributed by atoms with Crippen LogP contribution >= 0.6 is 0 Å². The van der Waals surface area contributed by atoms with Crippen LogP contribution < -0.4 is 10.5 Å². The van der Waals surface area contributed by atoms with Crippen molar-refractivity contribution >= 4 is 5.69 Å². The van der Waals surface area contributed by atoms with E-state index in [1.807, 2.05) is 25.2 Å². The van der Waals surface area contributed by atoms with Gasteiger partial charge in [-0.1, -0.05) is 19.1 Å². The Morgan fingerprint density at radius 3 is 2.80 bits per heavy atom. The van der Waals surface area contributed by atoms with E-state index in [1.54, 1.807) is 17.9 Å². The molecule has 0 saturated heterocycles. The number of nitrogens with zero attached hydrogens (tertiary/aromatic N) is 2. The maximum absolute atomic E-state index is 10.4. The van der Waals surface area contributed by atoms with Gasteiger partial charge in [-0.15, -0.1) is 0 Å². The average molecular weight is 275 g/mol. The summed E-state index contributed by atoms with van der Waals surface area (Å²) in [6.45, 7) is 2.06. The van der Waals surface area contributed by atoms with Gasteiger partial charge >= 0.3 is 0 Å². The van der Waals surface area contributed by atoms with Crippen molar-refractivity contribution in [2.45, 2.75) is 25.9 Å². The monoisotopic (exact) mass is 275 g/mol. The van der Waals surface area contributed by atoms with Gasteiger partial charge in [0.15, 0.2) is 0 Å². The van der Waals surface area contributed by atoms with Crippen LogP contribution in [0.3, 0.4) is 0 Å². The highest BCUT2D eigenvalue weighted by molar-refractivity contribution is 5.59. The summed E-state index contributed by atoms with van der Waals surface area (Å²) >= 11 is 0. The number of hydrogen-bond acceptors (Lipinski definition) is 4. The van der Waals surface area contributed by atoms with E-state index in [0.717, 1.165) is 17.8 Å². The molecule has 0 aliphatic rings. The third-order valence-electron chi connectivity index (χ3n) is 3.47. The molecule has 1 aromatic heterocycles. The van der Waals surface area contributed by atoms with E-state index in [0.29, 0.717) is 23.4 Å². The first-order valence-electron chi connectivity index (χ1n) is 6.69. The van der Waals surface area contributed by atoms with Crippen molar-refractivity contribution in [3.8, 4) is 5.75 Å². The number of benzene rings is 1. The standard InChI is InChI=1S/C15H21N3O2/c1-4-10-8-11(18(2)17-10)9-13(19)12-6-5-7-14(20-3)15(12)16/h5-8,13,19H,4,9,16H2,1-3H3. The number of nitrogens with two attached hydrogens (primary N) is 1. The van der Waals surface area contributed by atoms with Gasteiger partial charge in [0.25, 0.3) is 0 Å². The molecular formula is C15H21N3O2. The van der Waals surface area contributed by atoms with Crippen LogP contribution in [0.5, 0.6) is 5.75 Å². The van der Waals surface area contributed by atoms with Gasteiger partial charge in [-0.2, -0.15) is 5.10 Å². The van der Waals surface area contributed by atoms with Crippen molar-refractivity contribution in [2.75, 3.05) is 12.8 Å². The Morgan fingerprint density at radius 2 is 2.20 bits per heavy atom. The zero-order chi connectivity index (χ0) is 14.7.